The average Bonchev–Trinajstić information content (AvgIpc) is 2.20. The van der Waals surface area contributed by atoms with E-state index in [0.29, 0.717) is 15.1 Å². The van der Waals surface area contributed by atoms with E-state index in [1.807, 2.05) is 0 Å². The molecule has 0 N–H and O–H groups in total. The van der Waals surface area contributed by atoms with Crippen molar-refractivity contribution >= 4 is 34.7 Å². The van der Waals surface area contributed by atoms with Crippen molar-refractivity contribution in [3.8, 4) is 6.07 Å². The molecule has 2 nitrogen and oxygen atoms in total. The Kier molecular flexibility index (Phi) is 2.50. The highest BCUT2D eigenvalue weighted by Gasteiger charge is 2.11. The Morgan fingerprint density at radius 2 is 2.30 bits per heavy atom. The van der Waals surface area contributed by atoms with E-state index in [1.54, 1.807) is 7.05 Å². The molecule has 0 spiro atoms. The van der Waals surface area contributed by atoms with Gasteiger partial charge < -0.3 is 0 Å². The molecule has 0 fully saturated rings. The quantitative estimate of drug-likeness (QED) is 0.620. The molecule has 1 rings (SSSR count). The normalized spacial score (nSPS) is 8.70. The van der Waals surface area contributed by atoms with E-state index in [4.69, 9.17) is 23.2 Å². The van der Waals surface area contributed by atoms with E-state index < -0.39 is 0 Å². The van der Waals surface area contributed by atoms with Gasteiger partial charge >= 0.3 is 6.07 Å². The summed E-state index contributed by atoms with van der Waals surface area (Å²) >= 11 is 12.4. The van der Waals surface area contributed by atoms with Gasteiger partial charge in [0.2, 0.25) is 0 Å². The molecule has 1 aromatic rings. The molecule has 0 saturated heterocycles. The Bertz CT molecular complexity index is 277. The SMILES string of the molecule is C[N+]#Cc1c(Cl)nsc1Cl. The summed E-state index contributed by atoms with van der Waals surface area (Å²) < 4.78 is 4.31. The van der Waals surface area contributed by atoms with Gasteiger partial charge in [-0.2, -0.15) is 4.37 Å². The largest absolute Gasteiger partial charge is 0.316 e. The Morgan fingerprint density at radius 3 is 2.70 bits per heavy atom. The molecular formula is C5H3Cl2N2S+. The highest BCUT2D eigenvalue weighted by Crippen LogP contribution is 2.26. The lowest BCUT2D eigenvalue weighted by Crippen LogP contribution is -1.68. The predicted octanol–water partition coefficient (Wildman–Crippen LogP) is 2.76. The van der Waals surface area contributed by atoms with Crippen LogP contribution >= 0.6 is 34.7 Å². The minimum Gasteiger partial charge on any atom is -0.178 e. The molecule has 0 saturated carbocycles. The lowest BCUT2D eigenvalue weighted by atomic mass is 10.4. The number of aromatic nitrogens is 1. The van der Waals surface area contributed by atoms with E-state index >= 15 is 0 Å². The molecule has 0 amide bonds. The third-order valence-electron chi connectivity index (χ3n) is 0.832. The monoisotopic (exact) mass is 193 g/mol. The van der Waals surface area contributed by atoms with Gasteiger partial charge in [-0.15, -0.1) is 0 Å². The second-order valence-corrected chi connectivity index (χ2v) is 3.19. The molecule has 52 valence electrons. The number of rotatable bonds is 0. The summed E-state index contributed by atoms with van der Waals surface area (Å²) in [4.78, 5) is 3.65. The number of hydrogen-bond donors (Lipinski definition) is 0. The van der Waals surface area contributed by atoms with Crippen molar-refractivity contribution in [2.24, 2.45) is 0 Å². The summed E-state index contributed by atoms with van der Waals surface area (Å²) in [6.45, 7) is 0. The van der Waals surface area contributed by atoms with Crippen molar-refractivity contribution in [3.05, 3.63) is 19.9 Å². The van der Waals surface area contributed by atoms with Gasteiger partial charge in [-0.25, -0.2) is 0 Å². The summed E-state index contributed by atoms with van der Waals surface area (Å²) in [5.41, 5.74) is 0.579. The van der Waals surface area contributed by atoms with Crippen LogP contribution in [-0.2, 0) is 0 Å². The molecule has 0 aliphatic rings. The summed E-state index contributed by atoms with van der Waals surface area (Å²) in [6, 6.07) is 2.63. The van der Waals surface area contributed by atoms with E-state index in [9.17, 15) is 0 Å². The second kappa shape index (κ2) is 3.20. The summed E-state index contributed by atoms with van der Waals surface area (Å²) in [6.07, 6.45) is 0. The molecule has 0 bridgehead atoms. The first kappa shape index (κ1) is 7.80. The zero-order valence-corrected chi connectivity index (χ0v) is 7.39. The van der Waals surface area contributed by atoms with Crippen LogP contribution in [-0.4, -0.2) is 11.4 Å². The molecule has 0 unspecified atom stereocenters. The first-order valence-electron chi connectivity index (χ1n) is 2.41. The number of hydrogen-bond acceptors (Lipinski definition) is 2. The lowest BCUT2D eigenvalue weighted by molar-refractivity contribution is 1.55. The highest BCUT2D eigenvalue weighted by molar-refractivity contribution is 7.11. The van der Waals surface area contributed by atoms with Crippen molar-refractivity contribution in [1.29, 1.82) is 0 Å². The van der Waals surface area contributed by atoms with Crippen LogP contribution in [0.3, 0.4) is 0 Å². The summed E-state index contributed by atoms with van der Waals surface area (Å²) in [5, 5.41) is 0.362. The lowest BCUT2D eigenvalue weighted by Gasteiger charge is -1.73. The van der Waals surface area contributed by atoms with Crippen LogP contribution in [0.1, 0.15) is 5.56 Å². The Morgan fingerprint density at radius 1 is 1.60 bits per heavy atom. The Balaban J connectivity index is 3.18. The Labute approximate surface area is 72.4 Å². The number of nitrogens with zero attached hydrogens (tertiary/aromatic N) is 2. The van der Waals surface area contributed by atoms with Crippen LogP contribution in [0, 0.1) is 6.07 Å². The van der Waals surface area contributed by atoms with Gasteiger partial charge in [0.1, 0.15) is 4.34 Å². The first-order chi connectivity index (χ1) is 4.75. The van der Waals surface area contributed by atoms with E-state index in [1.165, 1.54) is 0 Å². The molecule has 1 aromatic heterocycles. The zero-order valence-electron chi connectivity index (χ0n) is 5.06. The maximum atomic E-state index is 5.67. The van der Waals surface area contributed by atoms with Crippen LogP contribution in [0.25, 0.3) is 4.85 Å². The molecule has 5 heteroatoms. The molecule has 0 atom stereocenters. The first-order valence-corrected chi connectivity index (χ1v) is 3.94. The van der Waals surface area contributed by atoms with E-state index in [0.717, 1.165) is 11.5 Å². The number of halogens is 2. The van der Waals surface area contributed by atoms with Crippen LogP contribution in [0.5, 0.6) is 0 Å². The second-order valence-electron chi connectivity index (χ2n) is 1.46. The van der Waals surface area contributed by atoms with Gasteiger partial charge in [0.05, 0.1) is 0 Å². The summed E-state index contributed by atoms with van der Waals surface area (Å²) in [7, 11) is 1.60. The molecule has 0 aliphatic heterocycles. The van der Waals surface area contributed by atoms with Crippen LogP contribution < -0.4 is 0 Å². The maximum absolute atomic E-state index is 5.67. The van der Waals surface area contributed by atoms with Crippen LogP contribution in [0.2, 0.25) is 9.49 Å². The minimum absolute atomic E-state index is 0.362. The fourth-order valence-corrected chi connectivity index (χ4v) is 1.52. The summed E-state index contributed by atoms with van der Waals surface area (Å²) in [5.74, 6) is 0. The van der Waals surface area contributed by atoms with Gasteiger partial charge in [-0.05, 0) is 11.5 Å². The van der Waals surface area contributed by atoms with Crippen molar-refractivity contribution in [1.82, 2.24) is 4.37 Å². The maximum Gasteiger partial charge on any atom is 0.316 e. The highest BCUT2D eigenvalue weighted by atomic mass is 35.5. The van der Waals surface area contributed by atoms with Crippen molar-refractivity contribution in [2.75, 3.05) is 7.05 Å². The van der Waals surface area contributed by atoms with Crippen LogP contribution in [0.15, 0.2) is 0 Å². The minimum atomic E-state index is 0.362. The third kappa shape index (κ3) is 1.40. The van der Waals surface area contributed by atoms with Gasteiger partial charge in [-0.1, -0.05) is 28.0 Å². The van der Waals surface area contributed by atoms with Gasteiger partial charge in [0.15, 0.2) is 10.7 Å². The average molecular weight is 194 g/mol. The van der Waals surface area contributed by atoms with E-state index in [2.05, 4.69) is 15.3 Å². The fraction of sp³-hybridized carbons (Fsp3) is 0.200. The molecular weight excluding hydrogens is 191 g/mol. The van der Waals surface area contributed by atoms with Gasteiger partial charge in [-0.3, -0.25) is 0 Å². The van der Waals surface area contributed by atoms with Gasteiger partial charge in [0, 0.05) is 0 Å². The standard InChI is InChI=1S/C5H3Cl2N2S/c1-8-2-3-4(6)9-10-5(3)7/h1H3/q+1. The molecule has 10 heavy (non-hydrogen) atoms. The van der Waals surface area contributed by atoms with Gasteiger partial charge in [0.25, 0.3) is 7.05 Å². The third-order valence-corrected chi connectivity index (χ3v) is 2.24. The van der Waals surface area contributed by atoms with E-state index in [-0.39, 0.29) is 0 Å². The van der Waals surface area contributed by atoms with Crippen molar-refractivity contribution in [2.45, 2.75) is 0 Å². The molecule has 0 radical (unpaired) electrons. The van der Waals surface area contributed by atoms with Crippen molar-refractivity contribution < 1.29 is 0 Å². The fourth-order valence-electron chi connectivity index (χ4n) is 0.454. The topological polar surface area (TPSA) is 17.2 Å². The molecule has 0 aliphatic carbocycles. The molecule has 0 aromatic carbocycles. The Hall–Kier alpha value is -0.300. The predicted molar refractivity (Wildman–Crippen MR) is 44.4 cm³/mol. The zero-order chi connectivity index (χ0) is 7.56. The molecule has 1 heterocycles. The van der Waals surface area contributed by atoms with Crippen molar-refractivity contribution in [3.63, 3.8) is 0 Å². The van der Waals surface area contributed by atoms with Crippen LogP contribution in [0.4, 0.5) is 0 Å². The smallest absolute Gasteiger partial charge is 0.178 e.